The highest BCUT2D eigenvalue weighted by Gasteiger charge is 2.21. The standard InChI is InChI=1S/C22H29N3O4/c1-14-11-20(17(4)25(14)12-18-7-6-10-28-18)21(26)13-29-22(27)9-8-19-15(2)23-24(5)16(19)3/h8-9,11,18H,6-7,10,12-13H2,1-5H3/b9-8+/t18-/m1/s1. The van der Waals surface area contributed by atoms with Gasteiger partial charge in [0.15, 0.2) is 6.61 Å². The number of nitrogens with zero attached hydrogens (tertiary/aromatic N) is 3. The van der Waals surface area contributed by atoms with E-state index >= 15 is 0 Å². The lowest BCUT2D eigenvalue weighted by molar-refractivity contribution is -0.136. The summed E-state index contributed by atoms with van der Waals surface area (Å²) in [6.07, 6.45) is 5.34. The number of aryl methyl sites for hydroxylation is 3. The zero-order chi connectivity index (χ0) is 21.1. The topological polar surface area (TPSA) is 75.4 Å². The number of hydrogen-bond donors (Lipinski definition) is 0. The fourth-order valence-corrected chi connectivity index (χ4v) is 3.80. The summed E-state index contributed by atoms with van der Waals surface area (Å²) in [6, 6.07) is 1.86. The quantitative estimate of drug-likeness (QED) is 0.406. The number of hydrogen-bond acceptors (Lipinski definition) is 5. The van der Waals surface area contributed by atoms with Crippen molar-refractivity contribution in [3.63, 3.8) is 0 Å². The molecule has 0 radical (unpaired) electrons. The van der Waals surface area contributed by atoms with Crippen LogP contribution in [0.15, 0.2) is 12.1 Å². The number of aromatic nitrogens is 3. The summed E-state index contributed by atoms with van der Waals surface area (Å²) in [4.78, 5) is 24.7. The number of carbonyl (C=O) groups excluding carboxylic acids is 2. The highest BCUT2D eigenvalue weighted by molar-refractivity contribution is 6.00. The lowest BCUT2D eigenvalue weighted by Gasteiger charge is -2.14. The van der Waals surface area contributed by atoms with Crippen molar-refractivity contribution < 1.29 is 19.1 Å². The van der Waals surface area contributed by atoms with Crippen molar-refractivity contribution in [2.24, 2.45) is 7.05 Å². The van der Waals surface area contributed by atoms with E-state index < -0.39 is 5.97 Å². The van der Waals surface area contributed by atoms with Crippen LogP contribution in [0.1, 0.15) is 51.5 Å². The Balaban J connectivity index is 1.60. The molecule has 1 fully saturated rings. The van der Waals surface area contributed by atoms with Gasteiger partial charge >= 0.3 is 5.97 Å². The molecule has 1 aliphatic rings. The van der Waals surface area contributed by atoms with E-state index in [0.717, 1.165) is 54.3 Å². The van der Waals surface area contributed by atoms with Crippen LogP contribution in [0, 0.1) is 27.7 Å². The summed E-state index contributed by atoms with van der Waals surface area (Å²) in [7, 11) is 1.85. The second-order valence-electron chi connectivity index (χ2n) is 7.60. The van der Waals surface area contributed by atoms with E-state index in [1.165, 1.54) is 6.08 Å². The molecule has 0 saturated carbocycles. The lowest BCUT2D eigenvalue weighted by atomic mass is 10.1. The van der Waals surface area contributed by atoms with E-state index in [9.17, 15) is 9.59 Å². The molecule has 3 heterocycles. The Labute approximate surface area is 171 Å². The fourth-order valence-electron chi connectivity index (χ4n) is 3.80. The van der Waals surface area contributed by atoms with Crippen molar-refractivity contribution in [2.75, 3.05) is 13.2 Å². The first-order valence-corrected chi connectivity index (χ1v) is 9.94. The minimum Gasteiger partial charge on any atom is -0.454 e. The molecule has 3 rings (SSSR count). The lowest BCUT2D eigenvalue weighted by Crippen LogP contribution is -2.18. The Morgan fingerprint density at radius 1 is 1.28 bits per heavy atom. The van der Waals surface area contributed by atoms with Gasteiger partial charge in [0.1, 0.15) is 0 Å². The molecule has 0 N–H and O–H groups in total. The molecule has 7 heteroatoms. The molecule has 0 spiro atoms. The normalized spacial score (nSPS) is 16.7. The second-order valence-corrected chi connectivity index (χ2v) is 7.60. The van der Waals surface area contributed by atoms with E-state index in [2.05, 4.69) is 9.67 Å². The molecule has 0 bridgehead atoms. The van der Waals surface area contributed by atoms with Gasteiger partial charge in [0.25, 0.3) is 0 Å². The predicted octanol–water partition coefficient (Wildman–Crippen LogP) is 3.07. The second kappa shape index (κ2) is 8.78. The molecule has 0 unspecified atom stereocenters. The molecule has 1 saturated heterocycles. The van der Waals surface area contributed by atoms with Crippen LogP contribution < -0.4 is 0 Å². The van der Waals surface area contributed by atoms with Crippen LogP contribution in [0.25, 0.3) is 6.08 Å². The number of Topliss-reactive ketones (excluding diaryl/α,β-unsaturated/α-hetero) is 1. The molecular weight excluding hydrogens is 370 g/mol. The third-order valence-electron chi connectivity index (χ3n) is 5.58. The van der Waals surface area contributed by atoms with Crippen molar-refractivity contribution in [3.8, 4) is 0 Å². The van der Waals surface area contributed by atoms with Gasteiger partial charge < -0.3 is 14.0 Å². The maximum absolute atomic E-state index is 12.6. The van der Waals surface area contributed by atoms with Crippen molar-refractivity contribution >= 4 is 17.8 Å². The summed E-state index contributed by atoms with van der Waals surface area (Å²) in [5, 5.41) is 4.31. The van der Waals surface area contributed by atoms with Crippen LogP contribution >= 0.6 is 0 Å². The molecule has 7 nitrogen and oxygen atoms in total. The van der Waals surface area contributed by atoms with Gasteiger partial charge in [-0.25, -0.2) is 4.79 Å². The third kappa shape index (κ3) is 4.67. The van der Waals surface area contributed by atoms with Crippen molar-refractivity contribution in [1.82, 2.24) is 14.3 Å². The maximum atomic E-state index is 12.6. The first kappa shape index (κ1) is 21.0. The highest BCUT2D eigenvalue weighted by Crippen LogP contribution is 2.21. The van der Waals surface area contributed by atoms with Crippen LogP contribution in [-0.4, -0.2) is 45.4 Å². The van der Waals surface area contributed by atoms with Crippen molar-refractivity contribution in [1.29, 1.82) is 0 Å². The fraction of sp³-hybridized carbons (Fsp3) is 0.500. The zero-order valence-corrected chi connectivity index (χ0v) is 17.8. The zero-order valence-electron chi connectivity index (χ0n) is 17.8. The molecule has 2 aromatic rings. The molecule has 29 heavy (non-hydrogen) atoms. The van der Waals surface area contributed by atoms with Gasteiger partial charge in [-0.3, -0.25) is 9.48 Å². The summed E-state index contributed by atoms with van der Waals surface area (Å²) in [5.41, 5.74) is 5.17. The number of rotatable bonds is 7. The van der Waals surface area contributed by atoms with Gasteiger partial charge in [0.05, 0.1) is 11.8 Å². The largest absolute Gasteiger partial charge is 0.454 e. The van der Waals surface area contributed by atoms with E-state index in [-0.39, 0.29) is 18.5 Å². The average molecular weight is 399 g/mol. The van der Waals surface area contributed by atoms with E-state index in [4.69, 9.17) is 9.47 Å². The van der Waals surface area contributed by atoms with Crippen LogP contribution in [-0.2, 0) is 27.9 Å². The molecule has 1 atom stereocenters. The number of carbonyl (C=O) groups is 2. The van der Waals surface area contributed by atoms with Gasteiger partial charge in [-0.05, 0) is 52.7 Å². The Morgan fingerprint density at radius 2 is 2.03 bits per heavy atom. The monoisotopic (exact) mass is 399 g/mol. The molecule has 1 aliphatic heterocycles. The molecular formula is C22H29N3O4. The Hall–Kier alpha value is -2.67. The highest BCUT2D eigenvalue weighted by atomic mass is 16.5. The molecule has 0 aromatic carbocycles. The van der Waals surface area contributed by atoms with Gasteiger partial charge in [0, 0.05) is 54.5 Å². The Kier molecular flexibility index (Phi) is 6.37. The van der Waals surface area contributed by atoms with Gasteiger partial charge in [-0.2, -0.15) is 5.10 Å². The van der Waals surface area contributed by atoms with E-state index in [1.54, 1.807) is 10.8 Å². The minimum atomic E-state index is -0.547. The van der Waals surface area contributed by atoms with E-state index in [1.807, 2.05) is 40.8 Å². The molecule has 0 amide bonds. The predicted molar refractivity (Wildman–Crippen MR) is 110 cm³/mol. The summed E-state index contributed by atoms with van der Waals surface area (Å²) in [5.74, 6) is -0.749. The minimum absolute atomic E-state index is 0.199. The maximum Gasteiger partial charge on any atom is 0.331 e. The van der Waals surface area contributed by atoms with Crippen molar-refractivity contribution in [3.05, 3.63) is 46.0 Å². The molecule has 156 valence electrons. The summed E-state index contributed by atoms with van der Waals surface area (Å²) in [6.45, 7) is 8.98. The van der Waals surface area contributed by atoms with Gasteiger partial charge in [-0.1, -0.05) is 0 Å². The van der Waals surface area contributed by atoms with E-state index in [0.29, 0.717) is 5.56 Å². The smallest absolute Gasteiger partial charge is 0.331 e. The molecule has 0 aliphatic carbocycles. The van der Waals surface area contributed by atoms with Crippen LogP contribution in [0.5, 0.6) is 0 Å². The molecule has 2 aromatic heterocycles. The van der Waals surface area contributed by atoms with Gasteiger partial charge in [-0.15, -0.1) is 0 Å². The third-order valence-corrected chi connectivity index (χ3v) is 5.58. The van der Waals surface area contributed by atoms with Crippen LogP contribution in [0.3, 0.4) is 0 Å². The summed E-state index contributed by atoms with van der Waals surface area (Å²) >= 11 is 0. The number of esters is 1. The van der Waals surface area contributed by atoms with Gasteiger partial charge in [0.2, 0.25) is 5.78 Å². The Bertz CT molecular complexity index is 946. The van der Waals surface area contributed by atoms with Crippen LogP contribution in [0.2, 0.25) is 0 Å². The Morgan fingerprint density at radius 3 is 2.66 bits per heavy atom. The SMILES string of the molecule is Cc1nn(C)c(C)c1/C=C/C(=O)OCC(=O)c1cc(C)n(C[C@H]2CCCO2)c1C. The van der Waals surface area contributed by atoms with Crippen LogP contribution in [0.4, 0.5) is 0 Å². The first-order valence-electron chi connectivity index (χ1n) is 9.94. The van der Waals surface area contributed by atoms with Crippen molar-refractivity contribution in [2.45, 2.75) is 53.2 Å². The first-order chi connectivity index (χ1) is 13.8. The number of ether oxygens (including phenoxy) is 2. The number of ketones is 1. The average Bonchev–Trinajstić information content (AvgIpc) is 3.35. The summed E-state index contributed by atoms with van der Waals surface area (Å²) < 4.78 is 14.7.